The molecule has 1 heterocycles. The van der Waals surface area contributed by atoms with Gasteiger partial charge in [-0.05, 0) is 78.4 Å². The first-order chi connectivity index (χ1) is 16.1. The van der Waals surface area contributed by atoms with Gasteiger partial charge in [-0.3, -0.25) is 9.59 Å². The summed E-state index contributed by atoms with van der Waals surface area (Å²) in [6.45, 7) is 19.7. The molecule has 0 saturated carbocycles. The van der Waals surface area contributed by atoms with Crippen LogP contribution in [0, 0.1) is 23.2 Å². The van der Waals surface area contributed by atoms with E-state index in [1.54, 1.807) is 19.9 Å². The number of carbonyl (C=O) groups is 2. The molecule has 2 unspecified atom stereocenters. The van der Waals surface area contributed by atoms with E-state index in [9.17, 15) is 14.7 Å². The fourth-order valence-corrected chi connectivity index (χ4v) is 4.50. The Morgan fingerprint density at radius 2 is 1.74 bits per heavy atom. The van der Waals surface area contributed by atoms with E-state index in [4.69, 9.17) is 4.74 Å². The second-order valence-electron chi connectivity index (χ2n) is 11.6. The van der Waals surface area contributed by atoms with E-state index in [-0.39, 0.29) is 28.8 Å². The highest BCUT2D eigenvalue weighted by molar-refractivity contribution is 6.24. The van der Waals surface area contributed by atoms with Crippen LogP contribution in [0.15, 0.2) is 70.3 Å². The highest BCUT2D eigenvalue weighted by atomic mass is 16.5. The quantitative estimate of drug-likeness (QED) is 0.208. The van der Waals surface area contributed by atoms with Gasteiger partial charge in [-0.15, -0.1) is 0 Å². The first kappa shape index (κ1) is 28.6. The Morgan fingerprint density at radius 3 is 2.29 bits per heavy atom. The van der Waals surface area contributed by atoms with Gasteiger partial charge in [0.2, 0.25) is 0 Å². The number of aliphatic hydroxyl groups is 1. The highest BCUT2D eigenvalue weighted by Crippen LogP contribution is 2.50. The van der Waals surface area contributed by atoms with E-state index in [0.29, 0.717) is 23.7 Å². The van der Waals surface area contributed by atoms with Gasteiger partial charge in [0, 0.05) is 5.92 Å². The van der Waals surface area contributed by atoms with Crippen molar-refractivity contribution < 1.29 is 19.4 Å². The fourth-order valence-electron chi connectivity index (χ4n) is 4.50. The summed E-state index contributed by atoms with van der Waals surface area (Å²) in [5.41, 5.74) is 1.01. The normalized spacial score (nSPS) is 23.2. The van der Waals surface area contributed by atoms with Crippen LogP contribution in [0.25, 0.3) is 0 Å². The third-order valence-electron chi connectivity index (χ3n) is 6.72. The molecule has 192 valence electrons. The summed E-state index contributed by atoms with van der Waals surface area (Å²) in [6.07, 6.45) is 13.4. The molecule has 0 bridgehead atoms. The molecule has 0 aromatic carbocycles. The lowest BCUT2D eigenvalue weighted by molar-refractivity contribution is -0.130. The molecule has 4 heteroatoms. The predicted molar refractivity (Wildman–Crippen MR) is 144 cm³/mol. The number of ketones is 2. The first-order valence-corrected chi connectivity index (χ1v) is 12.7. The molecule has 35 heavy (non-hydrogen) atoms. The molecular weight excluding hydrogens is 436 g/mol. The maximum absolute atomic E-state index is 14.0. The highest BCUT2D eigenvalue weighted by Gasteiger charge is 2.51. The third kappa shape index (κ3) is 6.54. The van der Waals surface area contributed by atoms with Crippen LogP contribution in [-0.2, 0) is 14.3 Å². The molecule has 2 aliphatic rings. The van der Waals surface area contributed by atoms with Crippen molar-refractivity contribution in [2.75, 3.05) is 0 Å². The Kier molecular flexibility index (Phi) is 8.97. The monoisotopic (exact) mass is 480 g/mol. The van der Waals surface area contributed by atoms with Gasteiger partial charge in [-0.2, -0.15) is 0 Å². The maximum atomic E-state index is 14.0. The maximum Gasteiger partial charge on any atom is 0.183 e. The zero-order valence-electron chi connectivity index (χ0n) is 23.3. The number of hydrogen-bond donors (Lipinski definition) is 1. The topological polar surface area (TPSA) is 63.6 Å². The molecule has 0 radical (unpaired) electrons. The number of Topliss-reactive ketones (excluding diaryl/α,β-unsaturated/α-hetero) is 2. The fraction of sp³-hybridized carbons (Fsp3) is 0.548. The lowest BCUT2D eigenvalue weighted by atomic mass is 9.65. The molecule has 0 saturated heterocycles. The van der Waals surface area contributed by atoms with Crippen LogP contribution >= 0.6 is 0 Å². The summed E-state index contributed by atoms with van der Waals surface area (Å²) in [4.78, 5) is 27.1. The zero-order valence-corrected chi connectivity index (χ0v) is 23.3. The minimum absolute atomic E-state index is 0.0534. The Hall–Kier alpha value is -2.62. The van der Waals surface area contributed by atoms with Gasteiger partial charge < -0.3 is 9.84 Å². The van der Waals surface area contributed by atoms with Crippen molar-refractivity contribution in [1.29, 1.82) is 0 Å². The molecule has 1 N–H and O–H groups in total. The van der Waals surface area contributed by atoms with Crippen LogP contribution < -0.4 is 0 Å². The molecular formula is C31H44O4. The van der Waals surface area contributed by atoms with Crippen molar-refractivity contribution in [2.24, 2.45) is 23.2 Å². The van der Waals surface area contributed by atoms with Gasteiger partial charge in [0.25, 0.3) is 0 Å². The van der Waals surface area contributed by atoms with Crippen LogP contribution in [0.4, 0.5) is 0 Å². The summed E-state index contributed by atoms with van der Waals surface area (Å²) in [5.74, 6) is -0.401. The average molecular weight is 481 g/mol. The van der Waals surface area contributed by atoms with Crippen molar-refractivity contribution in [1.82, 2.24) is 0 Å². The van der Waals surface area contributed by atoms with Gasteiger partial charge in [0.15, 0.2) is 11.6 Å². The minimum atomic E-state index is -1.08. The molecule has 4 nitrogen and oxygen atoms in total. The summed E-state index contributed by atoms with van der Waals surface area (Å²) >= 11 is 0. The Balaban J connectivity index is 2.67. The lowest BCUT2D eigenvalue weighted by Crippen LogP contribution is -2.44. The molecule has 0 aromatic rings. The van der Waals surface area contributed by atoms with Crippen molar-refractivity contribution in [3.8, 4) is 0 Å². The van der Waals surface area contributed by atoms with Crippen LogP contribution in [0.1, 0.15) is 82.1 Å². The smallest absolute Gasteiger partial charge is 0.183 e. The van der Waals surface area contributed by atoms with E-state index in [1.165, 1.54) is 5.57 Å². The third-order valence-corrected chi connectivity index (χ3v) is 6.72. The number of ether oxygens (including phenoxy) is 1. The molecule has 0 aromatic heterocycles. The van der Waals surface area contributed by atoms with Crippen molar-refractivity contribution in [3.63, 3.8) is 0 Å². The SMILES string of the molecule is CC(C)=CCC(CC1(C)C(=O)C(C(=O)C(C)C)=C(O)C2=C1OC(C)(C)C=C2)/C(C)=C\C=C\C(C)C. The van der Waals surface area contributed by atoms with Gasteiger partial charge in [-0.25, -0.2) is 0 Å². The van der Waals surface area contributed by atoms with E-state index < -0.39 is 16.9 Å². The molecule has 2 atom stereocenters. The van der Waals surface area contributed by atoms with E-state index in [1.807, 2.05) is 26.8 Å². The molecule has 2 rings (SSSR count). The van der Waals surface area contributed by atoms with Crippen LogP contribution in [0.2, 0.25) is 0 Å². The Morgan fingerprint density at radius 1 is 1.11 bits per heavy atom. The molecule has 0 amide bonds. The Labute approximate surface area is 212 Å². The predicted octanol–water partition coefficient (Wildman–Crippen LogP) is 7.75. The number of hydrogen-bond acceptors (Lipinski definition) is 4. The second kappa shape index (κ2) is 11.0. The second-order valence-corrected chi connectivity index (χ2v) is 11.6. The van der Waals surface area contributed by atoms with E-state index in [2.05, 4.69) is 58.9 Å². The summed E-state index contributed by atoms with van der Waals surface area (Å²) < 4.78 is 6.36. The standard InChI is InChI=1S/C31H44O4/c1-19(2)12-11-13-22(7)23(15-14-20(3)4)18-31(10)28(34)25(26(32)21(5)6)27(33)24-16-17-30(8,9)35-29(24)31/h11-14,16-17,19,21,23,33H,15,18H2,1-10H3/b12-11+,22-13-. The van der Waals surface area contributed by atoms with Crippen molar-refractivity contribution in [2.45, 2.75) is 87.7 Å². The van der Waals surface area contributed by atoms with Gasteiger partial charge >= 0.3 is 0 Å². The largest absolute Gasteiger partial charge is 0.506 e. The van der Waals surface area contributed by atoms with Crippen molar-refractivity contribution >= 4 is 11.6 Å². The van der Waals surface area contributed by atoms with E-state index >= 15 is 0 Å². The number of rotatable bonds is 9. The summed E-state index contributed by atoms with van der Waals surface area (Å²) in [5, 5.41) is 11.1. The first-order valence-electron chi connectivity index (χ1n) is 12.7. The Bertz CT molecular complexity index is 1040. The lowest BCUT2D eigenvalue weighted by Gasteiger charge is -2.43. The van der Waals surface area contributed by atoms with Crippen LogP contribution in [0.5, 0.6) is 0 Å². The summed E-state index contributed by atoms with van der Waals surface area (Å²) in [7, 11) is 0. The molecule has 0 spiro atoms. The van der Waals surface area contributed by atoms with Crippen LogP contribution in [-0.4, -0.2) is 22.3 Å². The number of allylic oxidation sites excluding steroid dienone is 9. The average Bonchev–Trinajstić information content (AvgIpc) is 2.74. The van der Waals surface area contributed by atoms with Gasteiger partial charge in [0.1, 0.15) is 22.7 Å². The van der Waals surface area contributed by atoms with Gasteiger partial charge in [0.05, 0.1) is 11.0 Å². The van der Waals surface area contributed by atoms with Crippen LogP contribution in [0.3, 0.4) is 0 Å². The van der Waals surface area contributed by atoms with E-state index in [0.717, 1.165) is 12.0 Å². The zero-order chi connectivity index (χ0) is 26.7. The summed E-state index contributed by atoms with van der Waals surface area (Å²) in [6, 6.07) is 0. The number of carbonyl (C=O) groups excluding carboxylic acids is 2. The van der Waals surface area contributed by atoms with Crippen molar-refractivity contribution in [3.05, 3.63) is 70.3 Å². The molecule has 1 aliphatic carbocycles. The van der Waals surface area contributed by atoms with Gasteiger partial charge in [-0.1, -0.05) is 63.1 Å². The number of aliphatic hydroxyl groups excluding tert-OH is 1. The molecule has 0 fully saturated rings. The molecule has 1 aliphatic heterocycles. The minimum Gasteiger partial charge on any atom is -0.506 e.